The molecule has 2 nitrogen and oxygen atoms in total. The summed E-state index contributed by atoms with van der Waals surface area (Å²) < 4.78 is 80.7. The van der Waals surface area contributed by atoms with Crippen LogP contribution in [0.5, 0.6) is 0 Å². The summed E-state index contributed by atoms with van der Waals surface area (Å²) in [5.41, 5.74) is -2.62. The topological polar surface area (TPSA) is 16.1 Å². The molecule has 1 aromatic carbocycles. The third-order valence-electron chi connectivity index (χ3n) is 6.34. The van der Waals surface area contributed by atoms with Crippen LogP contribution in [0, 0.1) is 11.3 Å². The van der Waals surface area contributed by atoms with Crippen molar-refractivity contribution in [1.29, 1.82) is 0 Å². The summed E-state index contributed by atoms with van der Waals surface area (Å²) in [6.45, 7) is 10.5. The minimum Gasteiger partial charge on any atom is -0.303 e. The molecule has 1 fully saturated rings. The van der Waals surface area contributed by atoms with Crippen molar-refractivity contribution in [2.75, 3.05) is 19.6 Å². The number of likely N-dealkylation sites (tertiary alicyclic amines) is 1. The lowest BCUT2D eigenvalue weighted by Gasteiger charge is -2.39. The molecular weight excluding hydrogens is 418 g/mol. The Kier molecular flexibility index (Phi) is 6.35. The number of fused-ring (bicyclic) bond motifs is 1. The summed E-state index contributed by atoms with van der Waals surface area (Å²) in [5.74, 6) is 0.202. The van der Waals surface area contributed by atoms with Gasteiger partial charge in [-0.25, -0.2) is 4.98 Å². The molecule has 1 aliphatic heterocycles. The van der Waals surface area contributed by atoms with E-state index in [1.165, 1.54) is 12.1 Å². The van der Waals surface area contributed by atoms with E-state index in [0.717, 1.165) is 38.1 Å². The minimum atomic E-state index is -4.83. The van der Waals surface area contributed by atoms with Gasteiger partial charge >= 0.3 is 12.4 Å². The lowest BCUT2D eigenvalue weighted by molar-refractivity contribution is -0.142. The average molecular weight is 446 g/mol. The van der Waals surface area contributed by atoms with Crippen LogP contribution in [0.3, 0.4) is 0 Å². The second kappa shape index (κ2) is 8.26. The van der Waals surface area contributed by atoms with Crippen LogP contribution in [0.15, 0.2) is 24.3 Å². The van der Waals surface area contributed by atoms with Crippen LogP contribution >= 0.6 is 0 Å². The third-order valence-corrected chi connectivity index (χ3v) is 6.34. The van der Waals surface area contributed by atoms with Gasteiger partial charge in [0.2, 0.25) is 0 Å². The van der Waals surface area contributed by atoms with Gasteiger partial charge in [-0.3, -0.25) is 0 Å². The number of benzene rings is 1. The van der Waals surface area contributed by atoms with Crippen molar-refractivity contribution < 1.29 is 26.3 Å². The van der Waals surface area contributed by atoms with E-state index in [9.17, 15) is 26.3 Å². The van der Waals surface area contributed by atoms with Gasteiger partial charge in [0.25, 0.3) is 0 Å². The summed E-state index contributed by atoms with van der Waals surface area (Å²) in [6, 6.07) is 4.34. The number of nitrogens with zero attached hydrogens (tertiary/aromatic N) is 2. The molecule has 172 valence electrons. The first-order valence-electron chi connectivity index (χ1n) is 10.5. The first kappa shape index (κ1) is 23.8. The van der Waals surface area contributed by atoms with E-state index in [2.05, 4.69) is 30.7 Å². The highest BCUT2D eigenvalue weighted by atomic mass is 19.4. The zero-order chi connectivity index (χ0) is 23.2. The maximum Gasteiger partial charge on any atom is 0.433 e. The van der Waals surface area contributed by atoms with E-state index in [1.807, 2.05) is 0 Å². The Bertz CT molecular complexity index is 919. The third kappa shape index (κ3) is 5.33. The molecule has 8 heteroatoms. The summed E-state index contributed by atoms with van der Waals surface area (Å²) in [5, 5.41) is 0.125. The number of rotatable bonds is 3. The molecule has 0 spiro atoms. The smallest absolute Gasteiger partial charge is 0.303 e. The summed E-state index contributed by atoms with van der Waals surface area (Å²) in [7, 11) is 0. The lowest BCUT2D eigenvalue weighted by atomic mass is 9.75. The Labute approximate surface area is 178 Å². The Morgan fingerprint density at radius 1 is 1.00 bits per heavy atom. The van der Waals surface area contributed by atoms with Gasteiger partial charge in [-0.15, -0.1) is 0 Å². The van der Waals surface area contributed by atoms with Gasteiger partial charge in [0.1, 0.15) is 5.69 Å². The van der Waals surface area contributed by atoms with Gasteiger partial charge in [0, 0.05) is 11.9 Å². The van der Waals surface area contributed by atoms with E-state index < -0.39 is 29.1 Å². The molecule has 1 atom stereocenters. The lowest BCUT2D eigenvalue weighted by Crippen LogP contribution is -2.39. The molecule has 2 heterocycles. The van der Waals surface area contributed by atoms with Crippen LogP contribution in [-0.2, 0) is 12.4 Å². The van der Waals surface area contributed by atoms with Crippen molar-refractivity contribution in [2.45, 2.75) is 58.8 Å². The highest BCUT2D eigenvalue weighted by Crippen LogP contribution is 2.40. The maximum absolute atomic E-state index is 13.5. The van der Waals surface area contributed by atoms with Gasteiger partial charge in [-0.05, 0) is 60.9 Å². The summed E-state index contributed by atoms with van der Waals surface area (Å²) in [4.78, 5) is 5.58. The molecular formula is C23H28F6N2. The summed E-state index contributed by atoms with van der Waals surface area (Å²) in [6.07, 6.45) is -7.61. The number of pyridine rings is 1. The largest absolute Gasteiger partial charge is 0.433 e. The number of aromatic nitrogens is 1. The number of hydrogen-bond acceptors (Lipinski definition) is 2. The molecule has 1 unspecified atom stereocenters. The SMILES string of the molecule is CC(CN1CCC(C(C)(C)C)CC1)c1cc(C(F)(F)F)nc2c(C(F)(F)F)cccc12. The van der Waals surface area contributed by atoms with Crippen molar-refractivity contribution in [3.05, 3.63) is 41.1 Å². The van der Waals surface area contributed by atoms with Crippen molar-refractivity contribution in [2.24, 2.45) is 11.3 Å². The van der Waals surface area contributed by atoms with Gasteiger partial charge in [-0.1, -0.05) is 39.8 Å². The van der Waals surface area contributed by atoms with Crippen LogP contribution in [0.1, 0.15) is 63.3 Å². The Morgan fingerprint density at radius 3 is 2.13 bits per heavy atom. The van der Waals surface area contributed by atoms with Crippen molar-refractivity contribution in [3.8, 4) is 0 Å². The number of alkyl halides is 6. The predicted octanol–water partition coefficient (Wildman–Crippen LogP) is 7.13. The zero-order valence-electron chi connectivity index (χ0n) is 18.2. The highest BCUT2D eigenvalue weighted by molar-refractivity contribution is 5.86. The molecule has 2 aromatic rings. The van der Waals surface area contributed by atoms with Crippen LogP contribution in [0.25, 0.3) is 10.9 Å². The second-order valence-electron chi connectivity index (χ2n) is 9.64. The van der Waals surface area contributed by atoms with E-state index in [0.29, 0.717) is 12.5 Å². The molecule has 0 aliphatic carbocycles. The number of para-hydroxylation sites is 1. The molecule has 1 aromatic heterocycles. The molecule has 0 bridgehead atoms. The van der Waals surface area contributed by atoms with Crippen LogP contribution in [-0.4, -0.2) is 29.5 Å². The molecule has 0 N–H and O–H groups in total. The molecule has 0 radical (unpaired) electrons. The van der Waals surface area contributed by atoms with Crippen LogP contribution in [0.4, 0.5) is 26.3 Å². The Morgan fingerprint density at radius 2 is 1.61 bits per heavy atom. The second-order valence-corrected chi connectivity index (χ2v) is 9.64. The zero-order valence-corrected chi connectivity index (χ0v) is 18.2. The Hall–Kier alpha value is -1.83. The first-order valence-corrected chi connectivity index (χ1v) is 10.5. The van der Waals surface area contributed by atoms with Gasteiger partial charge < -0.3 is 4.90 Å². The molecule has 1 aliphatic rings. The molecule has 0 amide bonds. The summed E-state index contributed by atoms with van der Waals surface area (Å²) >= 11 is 0. The number of hydrogen-bond donors (Lipinski definition) is 0. The molecule has 31 heavy (non-hydrogen) atoms. The normalized spacial score (nSPS) is 18.5. The van der Waals surface area contributed by atoms with Gasteiger partial charge in [-0.2, -0.15) is 26.3 Å². The van der Waals surface area contributed by atoms with Crippen molar-refractivity contribution >= 4 is 10.9 Å². The average Bonchev–Trinajstić information content (AvgIpc) is 2.64. The van der Waals surface area contributed by atoms with Crippen LogP contribution in [0.2, 0.25) is 0 Å². The minimum absolute atomic E-state index is 0.125. The predicted molar refractivity (Wildman–Crippen MR) is 109 cm³/mol. The molecule has 0 saturated carbocycles. The Balaban J connectivity index is 1.95. The fraction of sp³-hybridized carbons (Fsp3) is 0.609. The molecule has 3 rings (SSSR count). The highest BCUT2D eigenvalue weighted by Gasteiger charge is 2.38. The molecule has 1 saturated heterocycles. The number of piperidine rings is 1. The van der Waals surface area contributed by atoms with E-state index in [1.54, 1.807) is 6.92 Å². The van der Waals surface area contributed by atoms with E-state index in [-0.39, 0.29) is 22.3 Å². The van der Waals surface area contributed by atoms with E-state index in [4.69, 9.17) is 0 Å². The maximum atomic E-state index is 13.5. The van der Waals surface area contributed by atoms with Gasteiger partial charge in [0.15, 0.2) is 0 Å². The standard InChI is InChI=1S/C23H28F6N2/c1-14(13-31-10-8-15(9-11-31)21(2,3)4)17-12-19(23(27,28)29)30-20-16(17)6-5-7-18(20)22(24,25)26/h5-7,12,14-15H,8-11,13H2,1-4H3. The van der Waals surface area contributed by atoms with Gasteiger partial charge in [0.05, 0.1) is 11.1 Å². The quantitative estimate of drug-likeness (QED) is 0.466. The fourth-order valence-electron chi connectivity index (χ4n) is 4.52. The van der Waals surface area contributed by atoms with E-state index >= 15 is 0 Å². The van der Waals surface area contributed by atoms with Crippen molar-refractivity contribution in [1.82, 2.24) is 9.88 Å². The van der Waals surface area contributed by atoms with Crippen molar-refractivity contribution in [3.63, 3.8) is 0 Å². The monoisotopic (exact) mass is 446 g/mol. The van der Waals surface area contributed by atoms with Crippen LogP contribution < -0.4 is 0 Å². The number of halogens is 6. The fourth-order valence-corrected chi connectivity index (χ4v) is 4.52. The first-order chi connectivity index (χ1) is 14.2.